The fourth-order valence-electron chi connectivity index (χ4n) is 1.49. The van der Waals surface area contributed by atoms with Crippen LogP contribution < -0.4 is 5.73 Å². The highest BCUT2D eigenvalue weighted by molar-refractivity contribution is 7.16. The minimum atomic E-state index is 0.514. The first-order valence-corrected chi connectivity index (χ1v) is 5.85. The van der Waals surface area contributed by atoms with Crippen molar-refractivity contribution in [2.45, 2.75) is 20.0 Å². The zero-order chi connectivity index (χ0) is 10.8. The number of nitrogens with two attached hydrogens (primary N) is 1. The lowest BCUT2D eigenvalue weighted by Crippen LogP contribution is -2.08. The molecule has 0 amide bonds. The molecule has 0 spiro atoms. The van der Waals surface area contributed by atoms with Crippen LogP contribution in [0.2, 0.25) is 4.34 Å². The Morgan fingerprint density at radius 3 is 2.93 bits per heavy atom. The van der Waals surface area contributed by atoms with Gasteiger partial charge in [0.2, 0.25) is 0 Å². The van der Waals surface area contributed by atoms with Crippen molar-refractivity contribution in [1.82, 2.24) is 9.55 Å². The predicted molar refractivity (Wildman–Crippen MR) is 63.3 cm³/mol. The van der Waals surface area contributed by atoms with E-state index in [1.807, 2.05) is 25.3 Å². The van der Waals surface area contributed by atoms with Gasteiger partial charge in [-0.3, -0.25) is 0 Å². The van der Waals surface area contributed by atoms with E-state index in [0.717, 1.165) is 22.4 Å². The van der Waals surface area contributed by atoms with Crippen LogP contribution in [0.5, 0.6) is 0 Å². The minimum absolute atomic E-state index is 0.514. The van der Waals surface area contributed by atoms with Gasteiger partial charge in [0, 0.05) is 17.6 Å². The summed E-state index contributed by atoms with van der Waals surface area (Å²) in [5.74, 6) is 0.986. The molecule has 0 saturated heterocycles. The molecule has 0 aromatic carbocycles. The van der Waals surface area contributed by atoms with E-state index in [9.17, 15) is 0 Å². The second kappa shape index (κ2) is 4.35. The molecule has 2 rings (SSSR count). The lowest BCUT2D eigenvalue weighted by atomic mass is 10.4. The second-order valence-corrected chi connectivity index (χ2v) is 5.09. The Balaban J connectivity index is 2.26. The number of aryl methyl sites for hydroxylation is 1. The Bertz CT molecular complexity index is 461. The summed E-state index contributed by atoms with van der Waals surface area (Å²) in [7, 11) is 0. The van der Waals surface area contributed by atoms with Crippen molar-refractivity contribution in [3.63, 3.8) is 0 Å². The number of nitrogens with zero attached hydrogens (tertiary/aromatic N) is 2. The van der Waals surface area contributed by atoms with Crippen molar-refractivity contribution < 1.29 is 0 Å². The van der Waals surface area contributed by atoms with E-state index in [1.165, 1.54) is 4.88 Å². The summed E-state index contributed by atoms with van der Waals surface area (Å²) in [6.07, 6.45) is 1.82. The predicted octanol–water partition coefficient (Wildman–Crippen LogP) is 2.41. The van der Waals surface area contributed by atoms with Gasteiger partial charge in [-0.25, -0.2) is 4.98 Å². The molecule has 5 heteroatoms. The smallest absolute Gasteiger partial charge is 0.106 e. The standard InChI is InChI=1S/C10H12ClN3S/c1-7-13-5-8(4-12)14(7)6-9-2-3-10(11)15-9/h2-3,5H,4,6,12H2,1H3. The van der Waals surface area contributed by atoms with Gasteiger partial charge in [0.15, 0.2) is 0 Å². The summed E-state index contributed by atoms with van der Waals surface area (Å²) >= 11 is 7.47. The van der Waals surface area contributed by atoms with Gasteiger partial charge in [-0.1, -0.05) is 11.6 Å². The Labute approximate surface area is 97.5 Å². The maximum Gasteiger partial charge on any atom is 0.106 e. The number of thiophene rings is 1. The highest BCUT2D eigenvalue weighted by Gasteiger charge is 2.06. The summed E-state index contributed by atoms with van der Waals surface area (Å²) in [5, 5.41) is 0. The van der Waals surface area contributed by atoms with E-state index >= 15 is 0 Å². The number of aromatic nitrogens is 2. The van der Waals surface area contributed by atoms with Gasteiger partial charge in [-0.05, 0) is 19.1 Å². The summed E-state index contributed by atoms with van der Waals surface area (Å²) in [6.45, 7) is 3.30. The van der Waals surface area contributed by atoms with Crippen LogP contribution in [-0.2, 0) is 13.1 Å². The SMILES string of the molecule is Cc1ncc(CN)n1Cc1ccc(Cl)s1. The van der Waals surface area contributed by atoms with Crippen LogP contribution in [0.25, 0.3) is 0 Å². The number of hydrogen-bond donors (Lipinski definition) is 1. The Hall–Kier alpha value is -0.840. The molecular weight excluding hydrogens is 230 g/mol. The summed E-state index contributed by atoms with van der Waals surface area (Å²) < 4.78 is 2.93. The average molecular weight is 242 g/mol. The Morgan fingerprint density at radius 1 is 1.53 bits per heavy atom. The van der Waals surface area contributed by atoms with E-state index in [0.29, 0.717) is 6.54 Å². The quantitative estimate of drug-likeness (QED) is 0.897. The number of hydrogen-bond acceptors (Lipinski definition) is 3. The third-order valence-electron chi connectivity index (χ3n) is 2.29. The van der Waals surface area contributed by atoms with Crippen LogP contribution in [0, 0.1) is 6.92 Å². The molecule has 2 aromatic heterocycles. The topological polar surface area (TPSA) is 43.8 Å². The third kappa shape index (κ3) is 2.22. The molecule has 2 N–H and O–H groups in total. The van der Waals surface area contributed by atoms with Crippen LogP contribution in [0.4, 0.5) is 0 Å². The highest BCUT2D eigenvalue weighted by atomic mass is 35.5. The average Bonchev–Trinajstić information content (AvgIpc) is 2.76. The van der Waals surface area contributed by atoms with Gasteiger partial charge in [-0.15, -0.1) is 11.3 Å². The Morgan fingerprint density at radius 2 is 2.33 bits per heavy atom. The van der Waals surface area contributed by atoms with E-state index in [2.05, 4.69) is 9.55 Å². The first-order valence-electron chi connectivity index (χ1n) is 4.66. The molecule has 0 saturated carbocycles. The molecule has 0 unspecified atom stereocenters. The molecule has 0 atom stereocenters. The van der Waals surface area contributed by atoms with Gasteiger partial charge in [0.25, 0.3) is 0 Å². The zero-order valence-electron chi connectivity index (χ0n) is 8.40. The molecule has 2 aromatic rings. The maximum absolute atomic E-state index is 5.88. The van der Waals surface area contributed by atoms with Gasteiger partial charge < -0.3 is 10.3 Å². The van der Waals surface area contributed by atoms with Crippen LogP contribution in [0.1, 0.15) is 16.4 Å². The van der Waals surface area contributed by atoms with Crippen molar-refractivity contribution in [2.24, 2.45) is 5.73 Å². The van der Waals surface area contributed by atoms with E-state index < -0.39 is 0 Å². The van der Waals surface area contributed by atoms with Crippen molar-refractivity contribution in [3.05, 3.63) is 39.1 Å². The van der Waals surface area contributed by atoms with Crippen LogP contribution in [0.15, 0.2) is 18.3 Å². The van der Waals surface area contributed by atoms with E-state index in [1.54, 1.807) is 11.3 Å². The summed E-state index contributed by atoms with van der Waals surface area (Å²) in [6, 6.07) is 3.95. The normalized spacial score (nSPS) is 10.9. The number of imidazole rings is 1. The van der Waals surface area contributed by atoms with Crippen molar-refractivity contribution in [1.29, 1.82) is 0 Å². The van der Waals surface area contributed by atoms with E-state index in [-0.39, 0.29) is 0 Å². The van der Waals surface area contributed by atoms with Crippen molar-refractivity contribution in [2.75, 3.05) is 0 Å². The van der Waals surface area contributed by atoms with Crippen molar-refractivity contribution in [3.8, 4) is 0 Å². The molecule has 0 aliphatic rings. The van der Waals surface area contributed by atoms with Gasteiger partial charge in [0.1, 0.15) is 5.82 Å². The van der Waals surface area contributed by atoms with Gasteiger partial charge in [-0.2, -0.15) is 0 Å². The van der Waals surface area contributed by atoms with Gasteiger partial charge >= 0.3 is 0 Å². The van der Waals surface area contributed by atoms with Gasteiger partial charge in [0.05, 0.1) is 16.6 Å². The molecule has 0 bridgehead atoms. The zero-order valence-corrected chi connectivity index (χ0v) is 9.98. The fourth-order valence-corrected chi connectivity index (χ4v) is 2.56. The van der Waals surface area contributed by atoms with Crippen LogP contribution in [0.3, 0.4) is 0 Å². The number of halogens is 1. The molecule has 15 heavy (non-hydrogen) atoms. The fraction of sp³-hybridized carbons (Fsp3) is 0.300. The lowest BCUT2D eigenvalue weighted by Gasteiger charge is -2.06. The molecular formula is C10H12ClN3S. The molecule has 3 nitrogen and oxygen atoms in total. The summed E-state index contributed by atoms with van der Waals surface area (Å²) in [5.41, 5.74) is 6.69. The van der Waals surface area contributed by atoms with Crippen LogP contribution >= 0.6 is 22.9 Å². The largest absolute Gasteiger partial charge is 0.326 e. The maximum atomic E-state index is 5.88. The molecule has 0 aliphatic heterocycles. The molecule has 2 heterocycles. The minimum Gasteiger partial charge on any atom is -0.326 e. The highest BCUT2D eigenvalue weighted by Crippen LogP contribution is 2.23. The second-order valence-electron chi connectivity index (χ2n) is 3.29. The molecule has 0 radical (unpaired) electrons. The first kappa shape index (κ1) is 10.7. The third-order valence-corrected chi connectivity index (χ3v) is 3.51. The Kier molecular flexibility index (Phi) is 3.09. The summed E-state index contributed by atoms with van der Waals surface area (Å²) in [4.78, 5) is 5.46. The first-order chi connectivity index (χ1) is 7.20. The lowest BCUT2D eigenvalue weighted by molar-refractivity contribution is 0.721. The van der Waals surface area contributed by atoms with E-state index in [4.69, 9.17) is 17.3 Å². The van der Waals surface area contributed by atoms with Crippen molar-refractivity contribution >= 4 is 22.9 Å². The van der Waals surface area contributed by atoms with Crippen LogP contribution in [-0.4, -0.2) is 9.55 Å². The number of rotatable bonds is 3. The molecule has 0 fully saturated rings. The molecule has 0 aliphatic carbocycles. The monoisotopic (exact) mass is 241 g/mol. The molecule has 80 valence electrons.